The van der Waals surface area contributed by atoms with Gasteiger partial charge in [-0.1, -0.05) is 35.0 Å². The normalized spacial score (nSPS) is 17.0. The summed E-state index contributed by atoms with van der Waals surface area (Å²) in [6, 6.07) is 14.0. The van der Waals surface area contributed by atoms with Crippen LogP contribution in [-0.4, -0.2) is 34.4 Å². The van der Waals surface area contributed by atoms with Gasteiger partial charge in [0.25, 0.3) is 11.7 Å². The number of carbonyl (C=O) groups excluding carboxylic acids is 3. The van der Waals surface area contributed by atoms with Gasteiger partial charge >= 0.3 is 5.97 Å². The monoisotopic (exact) mass is 534 g/mol. The van der Waals surface area contributed by atoms with Crippen molar-refractivity contribution < 1.29 is 24.2 Å². The standard InChI is InChI=1S/C27H23BrN2O5/c1-3-13-35-27(34)17-6-9-20(10-7-17)30-23(19-5-4-12-29-15-19)22(25(32)26(30)33)24(31)18-8-11-21(28)16(2)14-18/h4-12,14-15,23,31H,3,13H2,1-2H3/b24-22-. The number of anilines is 1. The molecule has 2 aromatic carbocycles. The molecule has 1 aliphatic rings. The highest BCUT2D eigenvalue weighted by Crippen LogP contribution is 2.42. The molecule has 1 N–H and O–H groups in total. The molecular weight excluding hydrogens is 512 g/mol. The molecule has 35 heavy (non-hydrogen) atoms. The molecule has 2 heterocycles. The lowest BCUT2D eigenvalue weighted by molar-refractivity contribution is -0.132. The van der Waals surface area contributed by atoms with Crippen LogP contribution in [0.5, 0.6) is 0 Å². The van der Waals surface area contributed by atoms with Crippen molar-refractivity contribution in [2.24, 2.45) is 0 Å². The van der Waals surface area contributed by atoms with Gasteiger partial charge in [-0.3, -0.25) is 19.5 Å². The fourth-order valence-corrected chi connectivity index (χ4v) is 4.18. The van der Waals surface area contributed by atoms with Crippen LogP contribution in [0, 0.1) is 6.92 Å². The molecular formula is C27H23BrN2O5. The van der Waals surface area contributed by atoms with Crippen LogP contribution in [0.15, 0.2) is 77.0 Å². The van der Waals surface area contributed by atoms with Crippen LogP contribution in [0.4, 0.5) is 5.69 Å². The maximum Gasteiger partial charge on any atom is 0.338 e. The van der Waals surface area contributed by atoms with E-state index in [-0.39, 0.29) is 11.3 Å². The highest BCUT2D eigenvalue weighted by atomic mass is 79.9. The van der Waals surface area contributed by atoms with Crippen molar-refractivity contribution in [2.45, 2.75) is 26.3 Å². The zero-order chi connectivity index (χ0) is 25.1. The lowest BCUT2D eigenvalue weighted by Crippen LogP contribution is -2.29. The van der Waals surface area contributed by atoms with Crippen molar-refractivity contribution in [2.75, 3.05) is 11.5 Å². The summed E-state index contributed by atoms with van der Waals surface area (Å²) in [5.41, 5.74) is 2.56. The Labute approximate surface area is 211 Å². The van der Waals surface area contributed by atoms with Gasteiger partial charge < -0.3 is 9.84 Å². The second kappa shape index (κ2) is 10.2. The third kappa shape index (κ3) is 4.74. The maximum atomic E-state index is 13.2. The first-order valence-electron chi connectivity index (χ1n) is 11.1. The van der Waals surface area contributed by atoms with Crippen LogP contribution in [0.1, 0.15) is 46.4 Å². The average molecular weight is 535 g/mol. The summed E-state index contributed by atoms with van der Waals surface area (Å²) >= 11 is 3.43. The number of rotatable bonds is 6. The molecule has 1 aromatic heterocycles. The second-order valence-electron chi connectivity index (χ2n) is 8.10. The molecule has 8 heteroatoms. The first-order chi connectivity index (χ1) is 16.8. The highest BCUT2D eigenvalue weighted by molar-refractivity contribution is 9.10. The summed E-state index contributed by atoms with van der Waals surface area (Å²) in [4.78, 5) is 44.1. The first kappa shape index (κ1) is 24.3. The largest absolute Gasteiger partial charge is 0.507 e. The Morgan fingerprint density at radius 3 is 2.46 bits per heavy atom. The number of hydrogen-bond acceptors (Lipinski definition) is 6. The van der Waals surface area contributed by atoms with Crippen LogP contribution < -0.4 is 4.90 Å². The summed E-state index contributed by atoms with van der Waals surface area (Å²) in [7, 11) is 0. The Morgan fingerprint density at radius 2 is 1.83 bits per heavy atom. The number of aliphatic hydroxyl groups is 1. The van der Waals surface area contributed by atoms with Gasteiger partial charge in [-0.15, -0.1) is 0 Å². The number of halogens is 1. The molecule has 1 unspecified atom stereocenters. The summed E-state index contributed by atoms with van der Waals surface area (Å²) in [6.45, 7) is 4.08. The first-order valence-corrected chi connectivity index (χ1v) is 11.9. The molecule has 0 aliphatic carbocycles. The number of ether oxygens (including phenoxy) is 1. The molecule has 1 atom stereocenters. The van der Waals surface area contributed by atoms with Crippen LogP contribution in [0.3, 0.4) is 0 Å². The molecule has 1 aliphatic heterocycles. The SMILES string of the molecule is CCCOC(=O)c1ccc(N2C(=O)C(=O)/C(=C(\O)c3ccc(Br)c(C)c3)C2c2cccnc2)cc1. The predicted octanol–water partition coefficient (Wildman–Crippen LogP) is 5.35. The number of Topliss-reactive ketones (excluding diaryl/α,β-unsaturated/α-hetero) is 1. The molecule has 178 valence electrons. The number of aliphatic hydroxyl groups excluding tert-OH is 1. The number of nitrogens with zero attached hydrogens (tertiary/aromatic N) is 2. The van der Waals surface area contributed by atoms with Crippen molar-refractivity contribution in [3.05, 3.63) is 99.3 Å². The van der Waals surface area contributed by atoms with Crippen molar-refractivity contribution >= 4 is 45.0 Å². The number of benzene rings is 2. The van der Waals surface area contributed by atoms with E-state index in [1.807, 2.05) is 13.8 Å². The number of esters is 1. The van der Waals surface area contributed by atoms with Gasteiger partial charge in [-0.25, -0.2) is 4.79 Å². The van der Waals surface area contributed by atoms with Crippen molar-refractivity contribution in [3.8, 4) is 0 Å². The third-order valence-electron chi connectivity index (χ3n) is 5.69. The van der Waals surface area contributed by atoms with Gasteiger partial charge in [0.15, 0.2) is 0 Å². The molecule has 0 saturated carbocycles. The van der Waals surface area contributed by atoms with Gasteiger partial charge in [0.1, 0.15) is 5.76 Å². The Bertz CT molecular complexity index is 1320. The van der Waals surface area contributed by atoms with Crippen LogP contribution in [-0.2, 0) is 14.3 Å². The van der Waals surface area contributed by atoms with E-state index in [0.29, 0.717) is 35.4 Å². The highest BCUT2D eigenvalue weighted by Gasteiger charge is 2.47. The second-order valence-corrected chi connectivity index (χ2v) is 8.96. The minimum absolute atomic E-state index is 0.0313. The van der Waals surface area contributed by atoms with E-state index in [9.17, 15) is 19.5 Å². The van der Waals surface area contributed by atoms with Crippen LogP contribution in [0.2, 0.25) is 0 Å². The fourth-order valence-electron chi connectivity index (χ4n) is 3.94. The van der Waals surface area contributed by atoms with Crippen LogP contribution in [0.25, 0.3) is 5.76 Å². The predicted molar refractivity (Wildman–Crippen MR) is 135 cm³/mol. The van der Waals surface area contributed by atoms with Crippen LogP contribution >= 0.6 is 15.9 Å². The number of pyridine rings is 1. The minimum Gasteiger partial charge on any atom is -0.507 e. The summed E-state index contributed by atoms with van der Waals surface area (Å²) in [5, 5.41) is 11.2. The summed E-state index contributed by atoms with van der Waals surface area (Å²) in [6.07, 6.45) is 3.85. The Hall–Kier alpha value is -3.78. The molecule has 7 nitrogen and oxygen atoms in total. The summed E-state index contributed by atoms with van der Waals surface area (Å²) in [5.74, 6) is -2.32. The minimum atomic E-state index is -0.898. The number of ketones is 1. The fraction of sp³-hybridized carbons (Fsp3) is 0.185. The topological polar surface area (TPSA) is 96.8 Å². The molecule has 3 aromatic rings. The molecule has 1 fully saturated rings. The lowest BCUT2D eigenvalue weighted by Gasteiger charge is -2.25. The van der Waals surface area contributed by atoms with E-state index in [1.54, 1.807) is 67.0 Å². The molecule has 0 radical (unpaired) electrons. The van der Waals surface area contributed by atoms with Crippen molar-refractivity contribution in [3.63, 3.8) is 0 Å². The molecule has 1 saturated heterocycles. The number of amides is 1. The van der Waals surface area contributed by atoms with Gasteiger partial charge in [0.2, 0.25) is 0 Å². The Kier molecular flexibility index (Phi) is 7.12. The average Bonchev–Trinajstić information content (AvgIpc) is 3.14. The summed E-state index contributed by atoms with van der Waals surface area (Å²) < 4.78 is 6.02. The molecule has 0 spiro atoms. The zero-order valence-electron chi connectivity index (χ0n) is 19.2. The van der Waals surface area contributed by atoms with E-state index < -0.39 is 23.7 Å². The van der Waals surface area contributed by atoms with E-state index in [4.69, 9.17) is 4.74 Å². The molecule has 4 rings (SSSR count). The smallest absolute Gasteiger partial charge is 0.338 e. The quantitative estimate of drug-likeness (QED) is 0.198. The number of hydrogen-bond donors (Lipinski definition) is 1. The molecule has 1 amide bonds. The van der Waals surface area contributed by atoms with E-state index in [1.165, 1.54) is 4.90 Å². The third-order valence-corrected chi connectivity index (χ3v) is 6.58. The van der Waals surface area contributed by atoms with Gasteiger partial charge in [0, 0.05) is 28.1 Å². The van der Waals surface area contributed by atoms with Gasteiger partial charge in [-0.2, -0.15) is 0 Å². The maximum absolute atomic E-state index is 13.2. The number of carbonyl (C=O) groups is 3. The van der Waals surface area contributed by atoms with Gasteiger partial charge in [0.05, 0.1) is 23.8 Å². The number of aryl methyl sites for hydroxylation is 1. The Balaban J connectivity index is 1.82. The van der Waals surface area contributed by atoms with Crippen molar-refractivity contribution in [1.82, 2.24) is 4.98 Å². The van der Waals surface area contributed by atoms with E-state index in [0.717, 1.165) is 10.0 Å². The zero-order valence-corrected chi connectivity index (χ0v) is 20.8. The lowest BCUT2D eigenvalue weighted by atomic mass is 9.95. The number of aromatic nitrogens is 1. The van der Waals surface area contributed by atoms with Crippen molar-refractivity contribution in [1.29, 1.82) is 0 Å². The van der Waals surface area contributed by atoms with E-state index in [2.05, 4.69) is 20.9 Å². The van der Waals surface area contributed by atoms with E-state index >= 15 is 0 Å². The molecule has 0 bridgehead atoms. The van der Waals surface area contributed by atoms with Gasteiger partial charge in [-0.05, 0) is 66.9 Å². The Morgan fingerprint density at radius 1 is 1.11 bits per heavy atom.